The van der Waals surface area contributed by atoms with Gasteiger partial charge in [-0.2, -0.15) is 0 Å². The summed E-state index contributed by atoms with van der Waals surface area (Å²) in [7, 11) is 0. The molecule has 2 heteroatoms. The molecule has 0 radical (unpaired) electrons. The van der Waals surface area contributed by atoms with E-state index in [1.54, 1.807) is 0 Å². The summed E-state index contributed by atoms with van der Waals surface area (Å²) in [5, 5.41) is 3.93. The molecule has 0 saturated heterocycles. The second kappa shape index (κ2) is 2.35. The van der Waals surface area contributed by atoms with E-state index in [9.17, 15) is 0 Å². The molecule has 1 aliphatic carbocycles. The molecule has 1 aliphatic rings. The number of aromatic nitrogens is 1. The van der Waals surface area contributed by atoms with Crippen molar-refractivity contribution in [3.8, 4) is 0 Å². The van der Waals surface area contributed by atoms with Gasteiger partial charge in [-0.3, -0.25) is 0 Å². The van der Waals surface area contributed by atoms with Crippen molar-refractivity contribution in [2.75, 3.05) is 0 Å². The van der Waals surface area contributed by atoms with Crippen LogP contribution in [0.25, 0.3) is 0 Å². The average Bonchev–Trinajstić information content (AvgIpc) is 2.71. The van der Waals surface area contributed by atoms with Gasteiger partial charge in [-0.05, 0) is 25.7 Å². The Morgan fingerprint density at radius 1 is 1.50 bits per heavy atom. The minimum Gasteiger partial charge on any atom is -0.361 e. The molecular formula is C10H15NO. The van der Waals surface area contributed by atoms with Gasteiger partial charge in [-0.1, -0.05) is 19.0 Å². The van der Waals surface area contributed by atoms with E-state index < -0.39 is 0 Å². The second-order valence-corrected chi connectivity index (χ2v) is 4.14. The van der Waals surface area contributed by atoms with Crippen LogP contribution in [0.2, 0.25) is 0 Å². The molecule has 0 atom stereocenters. The van der Waals surface area contributed by atoms with E-state index in [1.165, 1.54) is 12.8 Å². The van der Waals surface area contributed by atoms with Crippen LogP contribution in [0.4, 0.5) is 0 Å². The van der Waals surface area contributed by atoms with Gasteiger partial charge in [0.05, 0.1) is 5.69 Å². The topological polar surface area (TPSA) is 26.0 Å². The lowest BCUT2D eigenvalue weighted by Crippen LogP contribution is -2.13. The summed E-state index contributed by atoms with van der Waals surface area (Å²) in [6.45, 7) is 6.49. The molecule has 1 aromatic rings. The maximum Gasteiger partial charge on any atom is 0.143 e. The molecule has 1 fully saturated rings. The number of hydrogen-bond donors (Lipinski definition) is 0. The van der Waals surface area contributed by atoms with Crippen LogP contribution < -0.4 is 0 Å². The van der Waals surface area contributed by atoms with Gasteiger partial charge < -0.3 is 4.52 Å². The standard InChI is InChI=1S/C10H15NO/c1-7(2)10(4-5-10)9-6-8(3)11-12-9/h6-7H,4-5H2,1-3H3. The van der Waals surface area contributed by atoms with Crippen molar-refractivity contribution in [1.29, 1.82) is 0 Å². The zero-order chi connectivity index (χ0) is 8.77. The lowest BCUT2D eigenvalue weighted by atomic mass is 9.90. The summed E-state index contributed by atoms with van der Waals surface area (Å²) in [6.07, 6.45) is 2.53. The molecule has 1 saturated carbocycles. The third kappa shape index (κ3) is 0.977. The first-order chi connectivity index (χ1) is 5.65. The van der Waals surface area contributed by atoms with E-state index >= 15 is 0 Å². The van der Waals surface area contributed by atoms with Crippen LogP contribution in [0.3, 0.4) is 0 Å². The summed E-state index contributed by atoms with van der Waals surface area (Å²) in [4.78, 5) is 0. The average molecular weight is 165 g/mol. The smallest absolute Gasteiger partial charge is 0.143 e. The van der Waals surface area contributed by atoms with Gasteiger partial charge in [-0.25, -0.2) is 0 Å². The van der Waals surface area contributed by atoms with Gasteiger partial charge in [0, 0.05) is 11.5 Å². The highest BCUT2D eigenvalue weighted by Gasteiger charge is 2.49. The van der Waals surface area contributed by atoms with Crippen LogP contribution in [0.15, 0.2) is 10.6 Å². The monoisotopic (exact) mass is 165 g/mol. The third-order valence-electron chi connectivity index (χ3n) is 3.01. The van der Waals surface area contributed by atoms with Crippen molar-refractivity contribution in [2.24, 2.45) is 5.92 Å². The highest BCUT2D eigenvalue weighted by atomic mass is 16.5. The summed E-state index contributed by atoms with van der Waals surface area (Å²) in [5.41, 5.74) is 1.33. The fourth-order valence-corrected chi connectivity index (χ4v) is 1.84. The largest absolute Gasteiger partial charge is 0.361 e. The van der Waals surface area contributed by atoms with E-state index in [2.05, 4.69) is 25.1 Å². The van der Waals surface area contributed by atoms with Crippen LogP contribution in [0.5, 0.6) is 0 Å². The van der Waals surface area contributed by atoms with Gasteiger partial charge in [-0.15, -0.1) is 0 Å². The molecule has 1 heterocycles. The van der Waals surface area contributed by atoms with Crippen LogP contribution in [0, 0.1) is 12.8 Å². The van der Waals surface area contributed by atoms with Crippen LogP contribution in [0.1, 0.15) is 38.1 Å². The van der Waals surface area contributed by atoms with Gasteiger partial charge in [0.2, 0.25) is 0 Å². The first kappa shape index (κ1) is 7.84. The van der Waals surface area contributed by atoms with Crippen molar-refractivity contribution in [3.05, 3.63) is 17.5 Å². The van der Waals surface area contributed by atoms with E-state index in [-0.39, 0.29) is 0 Å². The summed E-state index contributed by atoms with van der Waals surface area (Å²) < 4.78 is 5.30. The normalized spacial score (nSPS) is 20.0. The van der Waals surface area contributed by atoms with Crippen molar-refractivity contribution in [3.63, 3.8) is 0 Å². The van der Waals surface area contributed by atoms with Crippen molar-refractivity contribution in [1.82, 2.24) is 5.16 Å². The van der Waals surface area contributed by atoms with Crippen LogP contribution >= 0.6 is 0 Å². The molecule has 0 unspecified atom stereocenters. The lowest BCUT2D eigenvalue weighted by molar-refractivity contribution is 0.314. The zero-order valence-corrected chi connectivity index (χ0v) is 7.92. The molecular weight excluding hydrogens is 150 g/mol. The molecule has 12 heavy (non-hydrogen) atoms. The second-order valence-electron chi connectivity index (χ2n) is 4.14. The van der Waals surface area contributed by atoms with E-state index in [0.29, 0.717) is 11.3 Å². The number of nitrogens with zero attached hydrogens (tertiary/aromatic N) is 1. The number of aryl methyl sites for hydroxylation is 1. The SMILES string of the molecule is Cc1cc(C2(C(C)C)CC2)on1. The zero-order valence-electron chi connectivity index (χ0n) is 7.92. The highest BCUT2D eigenvalue weighted by Crippen LogP contribution is 2.53. The molecule has 0 amide bonds. The third-order valence-corrected chi connectivity index (χ3v) is 3.01. The van der Waals surface area contributed by atoms with Crippen LogP contribution in [-0.2, 0) is 5.41 Å². The lowest BCUT2D eigenvalue weighted by Gasteiger charge is -2.14. The van der Waals surface area contributed by atoms with E-state index in [4.69, 9.17) is 4.52 Å². The molecule has 0 spiro atoms. The van der Waals surface area contributed by atoms with Gasteiger partial charge in [0.25, 0.3) is 0 Å². The van der Waals surface area contributed by atoms with Crippen molar-refractivity contribution >= 4 is 0 Å². The minimum absolute atomic E-state index is 0.335. The molecule has 0 aromatic carbocycles. The van der Waals surface area contributed by atoms with Crippen LogP contribution in [-0.4, -0.2) is 5.16 Å². The Balaban J connectivity index is 2.30. The molecule has 66 valence electrons. The highest BCUT2D eigenvalue weighted by molar-refractivity contribution is 5.24. The Morgan fingerprint density at radius 3 is 2.50 bits per heavy atom. The Morgan fingerprint density at radius 2 is 2.17 bits per heavy atom. The molecule has 1 aromatic heterocycles. The fraction of sp³-hybridized carbons (Fsp3) is 0.700. The maximum absolute atomic E-state index is 5.30. The van der Waals surface area contributed by atoms with Crippen molar-refractivity contribution in [2.45, 2.75) is 39.0 Å². The van der Waals surface area contributed by atoms with E-state index in [0.717, 1.165) is 11.5 Å². The molecule has 2 rings (SSSR count). The van der Waals surface area contributed by atoms with Gasteiger partial charge >= 0.3 is 0 Å². The van der Waals surface area contributed by atoms with Gasteiger partial charge in [0.15, 0.2) is 0 Å². The predicted molar refractivity (Wildman–Crippen MR) is 47.0 cm³/mol. The Kier molecular flexibility index (Phi) is 1.53. The molecule has 0 aliphatic heterocycles. The van der Waals surface area contributed by atoms with E-state index in [1.807, 2.05) is 6.92 Å². The Bertz CT molecular complexity index is 284. The minimum atomic E-state index is 0.335. The number of hydrogen-bond acceptors (Lipinski definition) is 2. The fourth-order valence-electron chi connectivity index (χ4n) is 1.84. The molecule has 0 N–H and O–H groups in total. The maximum atomic E-state index is 5.30. The number of rotatable bonds is 2. The predicted octanol–water partition coefficient (Wildman–Crippen LogP) is 2.67. The Hall–Kier alpha value is -0.790. The summed E-state index contributed by atoms with van der Waals surface area (Å²) in [5.74, 6) is 1.76. The van der Waals surface area contributed by atoms with Gasteiger partial charge in [0.1, 0.15) is 5.76 Å². The molecule has 2 nitrogen and oxygen atoms in total. The first-order valence-electron chi connectivity index (χ1n) is 4.59. The Labute approximate surface area is 72.9 Å². The molecule has 0 bridgehead atoms. The van der Waals surface area contributed by atoms with Crippen molar-refractivity contribution < 1.29 is 4.52 Å². The summed E-state index contributed by atoms with van der Waals surface area (Å²) >= 11 is 0. The summed E-state index contributed by atoms with van der Waals surface area (Å²) in [6, 6.07) is 2.08. The quantitative estimate of drug-likeness (QED) is 0.673. The first-order valence-corrected chi connectivity index (χ1v) is 4.59.